The summed E-state index contributed by atoms with van der Waals surface area (Å²) >= 11 is 0. The quantitative estimate of drug-likeness (QED) is 0.658. The smallest absolute Gasteiger partial charge is 0.0552 e. The lowest BCUT2D eigenvalue weighted by atomic mass is 9.70. The first-order chi connectivity index (χ1) is 6.46. The number of aliphatic hydroxyl groups is 2. The van der Waals surface area contributed by atoms with Gasteiger partial charge in [0.25, 0.3) is 0 Å². The highest BCUT2D eigenvalue weighted by atomic mass is 16.3. The molecule has 2 aliphatic carbocycles. The summed E-state index contributed by atoms with van der Waals surface area (Å²) in [6.45, 7) is 5.89. The maximum Gasteiger partial charge on any atom is 0.0552 e. The number of fused-ring (bicyclic) bond motifs is 2. The lowest BCUT2D eigenvalue weighted by molar-refractivity contribution is -0.00159. The molecule has 2 heteroatoms. The fourth-order valence-corrected chi connectivity index (χ4v) is 3.74. The van der Waals surface area contributed by atoms with Crippen LogP contribution in [0.4, 0.5) is 0 Å². The maximum absolute atomic E-state index is 9.81. The van der Waals surface area contributed by atoms with Gasteiger partial charge >= 0.3 is 0 Å². The van der Waals surface area contributed by atoms with Gasteiger partial charge in [-0.3, -0.25) is 0 Å². The van der Waals surface area contributed by atoms with Crippen LogP contribution >= 0.6 is 0 Å². The Labute approximate surface area is 85.6 Å². The molecule has 2 bridgehead atoms. The lowest BCUT2D eigenvalue weighted by Gasteiger charge is -2.37. The maximum atomic E-state index is 9.81. The highest BCUT2D eigenvalue weighted by Gasteiger charge is 2.54. The molecule has 0 heterocycles. The van der Waals surface area contributed by atoms with Crippen LogP contribution in [0.1, 0.15) is 27.2 Å². The number of rotatable bonds is 2. The van der Waals surface area contributed by atoms with E-state index in [1.165, 1.54) is 0 Å². The molecule has 0 radical (unpaired) electrons. The van der Waals surface area contributed by atoms with Crippen LogP contribution in [0.2, 0.25) is 0 Å². The Kier molecular flexibility index (Phi) is 2.24. The van der Waals surface area contributed by atoms with Gasteiger partial charge in [0.2, 0.25) is 0 Å². The molecule has 80 valence electrons. The monoisotopic (exact) mass is 196 g/mol. The molecule has 6 unspecified atom stereocenters. The van der Waals surface area contributed by atoms with E-state index in [0.717, 1.165) is 6.42 Å². The van der Waals surface area contributed by atoms with Crippen LogP contribution in [-0.2, 0) is 0 Å². The Bertz CT molecular complexity index is 257. The molecule has 0 amide bonds. The van der Waals surface area contributed by atoms with E-state index in [-0.39, 0.29) is 29.5 Å². The van der Waals surface area contributed by atoms with Crippen molar-refractivity contribution < 1.29 is 10.2 Å². The summed E-state index contributed by atoms with van der Waals surface area (Å²) < 4.78 is 0. The zero-order valence-electron chi connectivity index (χ0n) is 9.14. The van der Waals surface area contributed by atoms with E-state index in [1.807, 2.05) is 13.8 Å². The number of aliphatic hydroxyl groups excluding tert-OH is 2. The van der Waals surface area contributed by atoms with Crippen molar-refractivity contribution in [3.8, 4) is 0 Å². The summed E-state index contributed by atoms with van der Waals surface area (Å²) in [6, 6.07) is 0. The molecule has 0 aromatic heterocycles. The highest BCUT2D eigenvalue weighted by molar-refractivity contribution is 5.21. The lowest BCUT2D eigenvalue weighted by Crippen LogP contribution is -2.39. The van der Waals surface area contributed by atoms with Crippen LogP contribution in [0.15, 0.2) is 12.2 Å². The third-order valence-electron chi connectivity index (χ3n) is 4.15. The predicted octanol–water partition coefficient (Wildman–Crippen LogP) is 1.58. The first kappa shape index (κ1) is 10.2. The van der Waals surface area contributed by atoms with Crippen molar-refractivity contribution in [2.75, 3.05) is 0 Å². The molecule has 2 rings (SSSR count). The van der Waals surface area contributed by atoms with Crippen molar-refractivity contribution in [2.24, 2.45) is 23.2 Å². The van der Waals surface area contributed by atoms with Crippen molar-refractivity contribution in [3.63, 3.8) is 0 Å². The van der Waals surface area contributed by atoms with Gasteiger partial charge in [0.15, 0.2) is 0 Å². The topological polar surface area (TPSA) is 40.5 Å². The molecule has 0 saturated heterocycles. The minimum absolute atomic E-state index is 0.112. The average molecular weight is 196 g/mol. The van der Waals surface area contributed by atoms with Crippen LogP contribution < -0.4 is 0 Å². The van der Waals surface area contributed by atoms with Gasteiger partial charge in [-0.25, -0.2) is 0 Å². The molecule has 2 nitrogen and oxygen atoms in total. The van der Waals surface area contributed by atoms with Crippen LogP contribution in [0.5, 0.6) is 0 Å². The first-order valence-corrected chi connectivity index (χ1v) is 5.51. The zero-order chi connectivity index (χ0) is 10.5. The van der Waals surface area contributed by atoms with E-state index in [4.69, 9.17) is 0 Å². The minimum Gasteiger partial charge on any atom is -0.393 e. The molecule has 0 aromatic carbocycles. The van der Waals surface area contributed by atoms with Gasteiger partial charge in [-0.05, 0) is 43.4 Å². The molecule has 14 heavy (non-hydrogen) atoms. The molecule has 6 atom stereocenters. The van der Waals surface area contributed by atoms with Gasteiger partial charge in [0.05, 0.1) is 12.2 Å². The Balaban J connectivity index is 2.31. The molecule has 1 saturated carbocycles. The van der Waals surface area contributed by atoms with Gasteiger partial charge < -0.3 is 10.2 Å². The largest absolute Gasteiger partial charge is 0.393 e. The van der Waals surface area contributed by atoms with Crippen LogP contribution in [0.25, 0.3) is 0 Å². The summed E-state index contributed by atoms with van der Waals surface area (Å²) in [5.74, 6) is 0.932. The number of hydrogen-bond acceptors (Lipinski definition) is 2. The van der Waals surface area contributed by atoms with Crippen molar-refractivity contribution in [1.82, 2.24) is 0 Å². The third kappa shape index (κ3) is 1.24. The summed E-state index contributed by atoms with van der Waals surface area (Å²) in [6.07, 6.45) is 4.91. The summed E-state index contributed by atoms with van der Waals surface area (Å²) in [7, 11) is 0. The second-order valence-corrected chi connectivity index (χ2v) is 5.32. The van der Waals surface area contributed by atoms with Gasteiger partial charge in [-0.1, -0.05) is 19.1 Å². The molecule has 0 aromatic rings. The second-order valence-electron chi connectivity index (χ2n) is 5.32. The average Bonchev–Trinajstić information content (AvgIpc) is 2.55. The van der Waals surface area contributed by atoms with E-state index in [0.29, 0.717) is 5.92 Å². The van der Waals surface area contributed by atoms with Crippen molar-refractivity contribution in [3.05, 3.63) is 12.2 Å². The first-order valence-electron chi connectivity index (χ1n) is 5.51. The molecule has 0 aliphatic heterocycles. The van der Waals surface area contributed by atoms with Crippen LogP contribution in [0, 0.1) is 23.2 Å². The number of allylic oxidation sites excluding steroid dienone is 2. The predicted molar refractivity (Wildman–Crippen MR) is 55.7 cm³/mol. The minimum atomic E-state index is -0.324. The van der Waals surface area contributed by atoms with E-state index in [1.54, 1.807) is 0 Å². The Morgan fingerprint density at radius 1 is 1.29 bits per heavy atom. The van der Waals surface area contributed by atoms with Crippen molar-refractivity contribution in [2.45, 2.75) is 39.4 Å². The Morgan fingerprint density at radius 2 is 1.93 bits per heavy atom. The Morgan fingerprint density at radius 3 is 2.36 bits per heavy atom. The van der Waals surface area contributed by atoms with E-state index in [9.17, 15) is 10.2 Å². The van der Waals surface area contributed by atoms with Crippen molar-refractivity contribution in [1.29, 1.82) is 0 Å². The molecular weight excluding hydrogens is 176 g/mol. The highest BCUT2D eigenvalue weighted by Crippen LogP contribution is 2.58. The fourth-order valence-electron chi connectivity index (χ4n) is 3.74. The fraction of sp³-hybridized carbons (Fsp3) is 0.833. The summed E-state index contributed by atoms with van der Waals surface area (Å²) in [4.78, 5) is 0. The van der Waals surface area contributed by atoms with Gasteiger partial charge in [-0.2, -0.15) is 0 Å². The van der Waals surface area contributed by atoms with Gasteiger partial charge in [0, 0.05) is 0 Å². The molecule has 0 spiro atoms. The van der Waals surface area contributed by atoms with E-state index < -0.39 is 0 Å². The normalized spacial score (nSPS) is 49.6. The SMILES string of the molecule is CC(O)C1C2C=CC(C)(C2)C1C(C)O. The van der Waals surface area contributed by atoms with E-state index >= 15 is 0 Å². The molecule has 1 fully saturated rings. The van der Waals surface area contributed by atoms with Crippen molar-refractivity contribution >= 4 is 0 Å². The number of hydrogen-bond donors (Lipinski definition) is 2. The molecule has 2 aliphatic rings. The second kappa shape index (κ2) is 3.07. The third-order valence-corrected chi connectivity index (χ3v) is 4.15. The van der Waals surface area contributed by atoms with Gasteiger partial charge in [0.1, 0.15) is 0 Å². The van der Waals surface area contributed by atoms with E-state index in [2.05, 4.69) is 19.1 Å². The summed E-state index contributed by atoms with van der Waals surface area (Å²) in [5, 5.41) is 19.6. The Hall–Kier alpha value is -0.340. The van der Waals surface area contributed by atoms with Crippen LogP contribution in [0.3, 0.4) is 0 Å². The standard InChI is InChI=1S/C12H20O2/c1-7(13)10-9-4-5-12(3,6-9)11(10)8(2)14/h4-5,7-11,13-14H,6H2,1-3H3. The zero-order valence-corrected chi connectivity index (χ0v) is 9.14. The van der Waals surface area contributed by atoms with Gasteiger partial charge in [-0.15, -0.1) is 0 Å². The summed E-state index contributed by atoms with van der Waals surface area (Å²) in [5.41, 5.74) is 0.112. The van der Waals surface area contributed by atoms with Crippen LogP contribution in [-0.4, -0.2) is 22.4 Å². The molecule has 2 N–H and O–H groups in total. The molecular formula is C12H20O2.